The molecule has 0 heterocycles. The van der Waals surface area contributed by atoms with Crippen molar-refractivity contribution in [2.45, 2.75) is 78.4 Å². The van der Waals surface area contributed by atoms with Gasteiger partial charge in [-0.1, -0.05) is 271 Å². The third-order valence-electron chi connectivity index (χ3n) is 19.4. The van der Waals surface area contributed by atoms with Crippen molar-refractivity contribution in [3.63, 3.8) is 0 Å². The number of esters is 3. The van der Waals surface area contributed by atoms with Gasteiger partial charge in [0.2, 0.25) is 0 Å². The van der Waals surface area contributed by atoms with Gasteiger partial charge in [0, 0.05) is 51.9 Å². The molecule has 1 amide bonds. The highest BCUT2D eigenvalue weighted by atomic mass is 79.9. The number of nitrogens with zero attached hydrogens (tertiary/aromatic N) is 2. The van der Waals surface area contributed by atoms with Gasteiger partial charge in [-0.2, -0.15) is 0 Å². The molecule has 12 aromatic rings. The van der Waals surface area contributed by atoms with E-state index in [1.807, 2.05) is 36.4 Å². The molecule has 664 valence electrons. The van der Waals surface area contributed by atoms with Crippen molar-refractivity contribution >= 4 is 156 Å². The molecule has 12 aromatic carbocycles. The first-order chi connectivity index (χ1) is 59.5. The van der Waals surface area contributed by atoms with E-state index < -0.39 is 58.9 Å². The molecule has 0 aliphatic rings. The van der Waals surface area contributed by atoms with Crippen molar-refractivity contribution in [3.05, 3.63) is 376 Å². The number of amides is 1. The number of hydrogen-bond acceptors (Lipinski definition) is 12. The second-order valence-corrected chi connectivity index (χ2v) is 44.6. The highest BCUT2D eigenvalue weighted by Crippen LogP contribution is 2.58. The number of nitrogens with one attached hydrogen (secondary N) is 2. The second kappa shape index (κ2) is 56.8. The first-order valence-electron chi connectivity index (χ1n) is 41.4. The van der Waals surface area contributed by atoms with Crippen LogP contribution < -0.4 is 109 Å². The molecule has 0 unspecified atom stereocenters. The number of carbonyl (C=O) groups is 4. The van der Waals surface area contributed by atoms with E-state index in [-0.39, 0.29) is 95.0 Å². The standard InChI is InChI=1S/C36H45N2O6P.C25H29N3O2P.C21H22OP.C18H15P.C3H7BrO.3BrH/c1-35(2,3)43-32(39)26-31(37-34(41)44-36(4,5)6)38(7)27-33(40)42-24-17-25-45(28-18-11-8-12-19-28,29-20-13-9-14-21-29)30-22-15-10-16-23-30;1-28(25(26)27)20-24(29)30-18-11-19-31(21-12-5-2-6-13-21,22-14-7-3-8-15-22)23-16-9-4-10-17-23;22-17-10-18-23(19-11-4-1-5-12-19,20-13-6-2-7-14-20)21-15-8-3-9-16-21;1-4-10-16(11-5-1)19(17-12-6-2-7-13-17)18-14-8-3-9-15-18;4-2-1-3-5;;;/h8-16,18-23,26H,17,24-25,27H2,1-7H3;2-10,12-17H,11,18-20H2,1H3,(H3,26,27);1-9,11-16,22H,10,17-18H2;1-15H;5H,1-3H2;3*1H/q;2*+1;;;;;/p-1. The summed E-state index contributed by atoms with van der Waals surface area (Å²) in [5.41, 5.74) is 3.90. The lowest BCUT2D eigenvalue weighted by molar-refractivity contribution is -0.149. The van der Waals surface area contributed by atoms with Gasteiger partial charge in [0.25, 0.3) is 0 Å². The van der Waals surface area contributed by atoms with Crippen molar-refractivity contribution in [3.8, 4) is 0 Å². The van der Waals surface area contributed by atoms with Crippen LogP contribution in [-0.2, 0) is 33.3 Å². The summed E-state index contributed by atoms with van der Waals surface area (Å²) in [6.07, 6.45) is 6.09. The Labute approximate surface area is 790 Å². The summed E-state index contributed by atoms with van der Waals surface area (Å²) in [5, 5.41) is 44.4. The number of aliphatic hydroxyl groups is 2. The molecule has 0 radical (unpaired) electrons. The van der Waals surface area contributed by atoms with E-state index in [0.29, 0.717) is 19.6 Å². The van der Waals surface area contributed by atoms with E-state index in [1.54, 1.807) is 55.6 Å². The summed E-state index contributed by atoms with van der Waals surface area (Å²) in [7, 11) is -2.96. The second-order valence-electron chi connectivity index (χ2n) is 30.7. The zero-order valence-electron chi connectivity index (χ0n) is 73.1. The Morgan fingerprint density at radius 3 is 0.833 bits per heavy atom. The average molecular weight is 2030 g/mol. The van der Waals surface area contributed by atoms with Gasteiger partial charge in [-0.15, -0.1) is 17.0 Å². The summed E-state index contributed by atoms with van der Waals surface area (Å²) >= 11 is 3.15. The minimum absolute atomic E-state index is 0. The van der Waals surface area contributed by atoms with Crippen molar-refractivity contribution in [1.82, 2.24) is 15.1 Å². The molecular weight excluding hydrogens is 1910 g/mol. The molecule has 0 fully saturated rings. The fraction of sp³-hybridized carbons (Fsp3) is 0.233. The number of aliphatic hydroxyl groups excluding tert-OH is 2. The van der Waals surface area contributed by atoms with Crippen molar-refractivity contribution < 1.29 is 82.3 Å². The van der Waals surface area contributed by atoms with Crippen LogP contribution >= 0.6 is 62.6 Å². The zero-order valence-corrected chi connectivity index (χ0v) is 83.1. The summed E-state index contributed by atoms with van der Waals surface area (Å²) in [6, 6.07) is 128. The Balaban J connectivity index is 0.000000303. The molecule has 0 saturated carbocycles. The zero-order chi connectivity index (χ0) is 88.2. The number of benzene rings is 12. The van der Waals surface area contributed by atoms with Crippen molar-refractivity contribution in [2.75, 3.05) is 77.4 Å². The first-order valence-corrected chi connectivity index (χ1v) is 49.8. The average Bonchev–Trinajstić information content (AvgIpc) is 0.768. The molecule has 0 spiro atoms. The predicted molar refractivity (Wildman–Crippen MR) is 534 cm³/mol. The largest absolute Gasteiger partial charge is 1.00 e. The smallest absolute Gasteiger partial charge is 0.413 e. The molecule has 23 heteroatoms. The number of halogens is 4. The maximum absolute atomic E-state index is 13.0. The Hall–Kier alpha value is -9.31. The Bertz CT molecular complexity index is 4690. The predicted octanol–water partition coefficient (Wildman–Crippen LogP) is 10.4. The summed E-state index contributed by atoms with van der Waals surface area (Å²) in [6.45, 7) is 11.3. The lowest BCUT2D eigenvalue weighted by Crippen LogP contribution is -3.00. The minimum atomic E-state index is -2.05. The fourth-order valence-corrected chi connectivity index (χ4v) is 29.4. The van der Waals surface area contributed by atoms with E-state index in [0.717, 1.165) is 49.2 Å². The minimum Gasteiger partial charge on any atom is -1.00 e. The van der Waals surface area contributed by atoms with Crippen LogP contribution in [0.3, 0.4) is 0 Å². The number of hydrogen-bond donors (Lipinski definition) is 5. The van der Waals surface area contributed by atoms with Gasteiger partial charge in [-0.05, 0) is 181 Å². The highest BCUT2D eigenvalue weighted by molar-refractivity contribution is 9.09. The normalized spacial score (nSPS) is 11.1. The molecule has 15 nitrogen and oxygen atoms in total. The molecule has 0 aromatic heterocycles. The number of ether oxygens (including phenoxy) is 4. The quantitative estimate of drug-likeness (QED) is 0.00388. The molecular formula is C103H120Br4N5O10P4+. The lowest BCUT2D eigenvalue weighted by Gasteiger charge is -2.28. The molecule has 0 saturated heterocycles. The Kier molecular flexibility index (Phi) is 48.3. The van der Waals surface area contributed by atoms with Crippen LogP contribution in [-0.4, -0.2) is 139 Å². The van der Waals surface area contributed by atoms with E-state index in [4.69, 9.17) is 35.2 Å². The molecule has 126 heavy (non-hydrogen) atoms. The summed E-state index contributed by atoms with van der Waals surface area (Å²) in [4.78, 5) is 52.9. The number of rotatable bonds is 32. The number of alkyl halides is 1. The SMILES string of the molecule is Br.CN(CC(=O)OCCC[P+](c1ccccc1)(c1ccccc1)c1ccccc1)/C(=C/C(=O)OC(C)(C)C)NC(=O)OC(C)(C)C.CN(CC(=O)OCCC[P+](c1ccccc1)(c1ccccc1)c1ccccc1)C(=N)N.OCCCBr.OCCC[P+](c1ccccc1)(c1ccccc1)c1ccccc1.[Br-].[Br-].c1ccc(P(c2ccccc2)c2ccccc2)cc1. The first kappa shape index (κ1) is 107. The Morgan fingerprint density at radius 1 is 0.389 bits per heavy atom. The van der Waals surface area contributed by atoms with E-state index in [1.165, 1.54) is 73.5 Å². The van der Waals surface area contributed by atoms with Crippen LogP contribution in [0.25, 0.3) is 0 Å². The van der Waals surface area contributed by atoms with Gasteiger partial charge in [-0.3, -0.25) is 20.3 Å². The molecule has 6 N–H and O–H groups in total. The maximum atomic E-state index is 13.0. The lowest BCUT2D eigenvalue weighted by atomic mass is 10.2. The van der Waals surface area contributed by atoms with Crippen molar-refractivity contribution in [2.24, 2.45) is 5.73 Å². The topological polar surface area (TPSA) is 214 Å². The summed E-state index contributed by atoms with van der Waals surface area (Å²) < 4.78 is 21.9. The van der Waals surface area contributed by atoms with Gasteiger partial charge in [-0.25, -0.2) is 9.59 Å². The van der Waals surface area contributed by atoms with E-state index in [2.05, 4.69) is 349 Å². The monoisotopic (exact) mass is 2030 g/mol. The number of guanidine groups is 1. The molecule has 0 aliphatic heterocycles. The molecule has 12 rings (SSSR count). The van der Waals surface area contributed by atoms with Gasteiger partial charge in [0.1, 0.15) is 99.6 Å². The third-order valence-corrected chi connectivity index (χ3v) is 36.0. The van der Waals surface area contributed by atoms with Crippen LogP contribution in [0.15, 0.2) is 376 Å². The van der Waals surface area contributed by atoms with E-state index >= 15 is 0 Å². The van der Waals surface area contributed by atoms with Crippen LogP contribution in [0.2, 0.25) is 0 Å². The van der Waals surface area contributed by atoms with Crippen LogP contribution in [0, 0.1) is 5.41 Å². The van der Waals surface area contributed by atoms with E-state index in [9.17, 15) is 24.3 Å². The highest BCUT2D eigenvalue weighted by Gasteiger charge is 2.47. The van der Waals surface area contributed by atoms with Crippen LogP contribution in [0.5, 0.6) is 0 Å². The van der Waals surface area contributed by atoms with Gasteiger partial charge >= 0.3 is 24.0 Å². The third kappa shape index (κ3) is 33.7. The maximum Gasteiger partial charge on any atom is 0.413 e. The molecule has 0 bridgehead atoms. The number of carbonyl (C=O) groups excluding carboxylic acids is 4. The molecule has 0 atom stereocenters. The number of likely N-dealkylation sites (N-methyl/N-ethyl adjacent to an activating group) is 2. The fourth-order valence-electron chi connectivity index (χ4n) is 13.9. The van der Waals surface area contributed by atoms with Gasteiger partial charge in [0.15, 0.2) is 5.96 Å². The van der Waals surface area contributed by atoms with Gasteiger partial charge < -0.3 is 78.7 Å². The van der Waals surface area contributed by atoms with Crippen LogP contribution in [0.1, 0.15) is 67.2 Å². The van der Waals surface area contributed by atoms with Gasteiger partial charge in [0.05, 0.1) is 37.8 Å². The van der Waals surface area contributed by atoms with Crippen molar-refractivity contribution in [1.29, 1.82) is 5.41 Å². The number of nitrogens with two attached hydrogens (primary N) is 1. The Morgan fingerprint density at radius 2 is 0.619 bits per heavy atom. The molecule has 0 aliphatic carbocycles. The van der Waals surface area contributed by atoms with Crippen LogP contribution in [0.4, 0.5) is 4.79 Å². The number of alkyl carbamates (subject to hydrolysis) is 1. The summed E-state index contributed by atoms with van der Waals surface area (Å²) in [5.74, 6) is -1.64.